The van der Waals surface area contributed by atoms with Crippen LogP contribution in [0.15, 0.2) is 89.5 Å². The first-order valence-electron chi connectivity index (χ1n) is 16.0. The van der Waals surface area contributed by atoms with E-state index in [4.69, 9.17) is 23.7 Å². The number of hydrogen-bond donors (Lipinski definition) is 1. The van der Waals surface area contributed by atoms with Gasteiger partial charge in [-0.15, -0.1) is 0 Å². The lowest BCUT2D eigenvalue weighted by atomic mass is 9.92. The third-order valence-electron chi connectivity index (χ3n) is 8.69. The van der Waals surface area contributed by atoms with Gasteiger partial charge in [0.15, 0.2) is 17.3 Å². The summed E-state index contributed by atoms with van der Waals surface area (Å²) in [5, 5.41) is 9.65. The lowest BCUT2D eigenvalue weighted by molar-refractivity contribution is -0.154. The molecule has 1 N–H and O–H groups in total. The minimum atomic E-state index is -3.92. The maximum Gasteiger partial charge on any atom is 0.288 e. The first-order chi connectivity index (χ1) is 23.3. The Kier molecular flexibility index (Phi) is 10.8. The summed E-state index contributed by atoms with van der Waals surface area (Å²) in [4.78, 5) is 18.0. The number of carbonyl (C=O) groups is 1. The summed E-state index contributed by atoms with van der Waals surface area (Å²) >= 11 is 0. The van der Waals surface area contributed by atoms with Crippen LogP contribution in [0.2, 0.25) is 0 Å². The van der Waals surface area contributed by atoms with E-state index in [1.165, 1.54) is 29.1 Å². The Morgan fingerprint density at radius 3 is 2.44 bits per heavy atom. The number of sulfonamides is 1. The molecule has 3 heterocycles. The molecule has 256 valence electrons. The SMILES string of the molecule is COc1ccc(S(=O)(=O)N(CCO)CCO[C@H]2C[C@@H](c3ccc4c(c3)OCO4)C=C(C(=O)N3CCN(Cc4ccccc4)CC3)O2)cc1. The molecular formula is C35H41N3O9S. The number of aliphatic hydroxyl groups is 1. The molecule has 2 atom stereocenters. The molecule has 12 nitrogen and oxygen atoms in total. The number of methoxy groups -OCH3 is 1. The van der Waals surface area contributed by atoms with Crippen LogP contribution in [0.3, 0.4) is 0 Å². The van der Waals surface area contributed by atoms with Crippen LogP contribution in [0, 0.1) is 0 Å². The quantitative estimate of drug-likeness (QED) is 0.288. The molecule has 13 heteroatoms. The highest BCUT2D eigenvalue weighted by Crippen LogP contribution is 2.38. The number of nitrogens with zero attached hydrogens (tertiary/aromatic N) is 3. The normalized spacial score (nSPS) is 19.6. The van der Waals surface area contributed by atoms with Gasteiger partial charge in [-0.05, 0) is 53.6 Å². The van der Waals surface area contributed by atoms with Crippen molar-refractivity contribution in [1.29, 1.82) is 0 Å². The van der Waals surface area contributed by atoms with Gasteiger partial charge in [-0.3, -0.25) is 9.69 Å². The fraction of sp³-hybridized carbons (Fsp3) is 0.400. The van der Waals surface area contributed by atoms with Crippen molar-refractivity contribution in [3.63, 3.8) is 0 Å². The number of piperazine rings is 1. The van der Waals surface area contributed by atoms with Gasteiger partial charge in [-0.2, -0.15) is 4.31 Å². The highest BCUT2D eigenvalue weighted by atomic mass is 32.2. The first-order valence-corrected chi connectivity index (χ1v) is 17.5. The van der Waals surface area contributed by atoms with Crippen LogP contribution in [-0.4, -0.2) is 106 Å². The predicted octanol–water partition coefficient (Wildman–Crippen LogP) is 3.18. The van der Waals surface area contributed by atoms with Crippen molar-refractivity contribution in [2.45, 2.75) is 30.1 Å². The zero-order valence-corrected chi connectivity index (χ0v) is 27.7. The lowest BCUT2D eigenvalue weighted by Gasteiger charge is -2.36. The molecule has 3 aromatic rings. The Bertz CT molecular complexity index is 1680. The van der Waals surface area contributed by atoms with E-state index in [1.54, 1.807) is 17.0 Å². The van der Waals surface area contributed by atoms with Crippen molar-refractivity contribution in [3.05, 3.63) is 95.8 Å². The van der Waals surface area contributed by atoms with Crippen LogP contribution >= 0.6 is 0 Å². The standard InChI is InChI=1S/C35H41N3O9S/c1-43-29-8-10-30(11-9-29)48(41,42)38(17-19-39)18-20-44-34-23-28(27-7-12-31-32(21-27)46-25-45-31)22-33(47-34)35(40)37-15-13-36(14-16-37)24-26-5-3-2-4-6-26/h2-12,21-22,28,34,39H,13-20,23-25H2,1H3/t28-,34+/m0/s1. The van der Waals surface area contributed by atoms with Gasteiger partial charge in [0.2, 0.25) is 23.1 Å². The van der Waals surface area contributed by atoms with E-state index in [9.17, 15) is 18.3 Å². The number of allylic oxidation sites excluding steroid dienone is 1. The number of rotatable bonds is 13. The zero-order chi connectivity index (χ0) is 33.5. The second-order valence-electron chi connectivity index (χ2n) is 11.8. The summed E-state index contributed by atoms with van der Waals surface area (Å²) in [6.07, 6.45) is 1.41. The van der Waals surface area contributed by atoms with Crippen molar-refractivity contribution >= 4 is 15.9 Å². The summed E-state index contributed by atoms with van der Waals surface area (Å²) in [6.45, 7) is 3.06. The van der Waals surface area contributed by atoms with Gasteiger partial charge < -0.3 is 33.7 Å². The smallest absolute Gasteiger partial charge is 0.288 e. The van der Waals surface area contributed by atoms with Gasteiger partial charge in [0, 0.05) is 58.2 Å². The average molecular weight is 680 g/mol. The number of fused-ring (bicyclic) bond motifs is 1. The molecule has 0 aromatic heterocycles. The molecule has 0 bridgehead atoms. The minimum Gasteiger partial charge on any atom is -0.497 e. The molecule has 0 unspecified atom stereocenters. The zero-order valence-electron chi connectivity index (χ0n) is 26.9. The Morgan fingerprint density at radius 1 is 0.958 bits per heavy atom. The summed E-state index contributed by atoms with van der Waals surface area (Å²) in [5.41, 5.74) is 2.15. The average Bonchev–Trinajstić information content (AvgIpc) is 3.60. The lowest BCUT2D eigenvalue weighted by Crippen LogP contribution is -2.49. The van der Waals surface area contributed by atoms with Gasteiger partial charge in [-0.25, -0.2) is 8.42 Å². The molecule has 1 fully saturated rings. The molecular weight excluding hydrogens is 638 g/mol. The van der Waals surface area contributed by atoms with Gasteiger partial charge in [0.25, 0.3) is 5.91 Å². The number of aliphatic hydroxyl groups excluding tert-OH is 1. The minimum absolute atomic E-state index is 0.0203. The Hall–Kier alpha value is -4.14. The first kappa shape index (κ1) is 33.7. The molecule has 1 amide bonds. The van der Waals surface area contributed by atoms with E-state index in [0.717, 1.165) is 25.2 Å². The van der Waals surface area contributed by atoms with Crippen LogP contribution in [0.5, 0.6) is 17.2 Å². The van der Waals surface area contributed by atoms with E-state index < -0.39 is 16.3 Å². The highest BCUT2D eigenvalue weighted by molar-refractivity contribution is 7.89. The second kappa shape index (κ2) is 15.4. The van der Waals surface area contributed by atoms with Crippen LogP contribution in [-0.2, 0) is 30.8 Å². The number of ether oxygens (including phenoxy) is 5. The monoisotopic (exact) mass is 679 g/mol. The number of carbonyl (C=O) groups excluding carboxylic acids is 1. The van der Waals surface area contributed by atoms with E-state index in [-0.39, 0.29) is 55.6 Å². The van der Waals surface area contributed by atoms with E-state index in [0.29, 0.717) is 36.8 Å². The van der Waals surface area contributed by atoms with E-state index in [1.807, 2.05) is 42.5 Å². The number of benzene rings is 3. The Balaban J connectivity index is 1.13. The van der Waals surface area contributed by atoms with Crippen molar-refractivity contribution in [1.82, 2.24) is 14.1 Å². The van der Waals surface area contributed by atoms with Gasteiger partial charge in [0.1, 0.15) is 5.75 Å². The molecule has 0 spiro atoms. The fourth-order valence-corrected chi connectivity index (χ4v) is 7.45. The number of hydrogen-bond acceptors (Lipinski definition) is 10. The van der Waals surface area contributed by atoms with E-state index in [2.05, 4.69) is 17.0 Å². The largest absolute Gasteiger partial charge is 0.497 e. The molecule has 0 aliphatic carbocycles. The molecule has 6 rings (SSSR count). The molecule has 1 saturated heterocycles. The van der Waals surface area contributed by atoms with Gasteiger partial charge in [-0.1, -0.05) is 36.4 Å². The third kappa shape index (κ3) is 7.93. The number of amides is 1. The summed E-state index contributed by atoms with van der Waals surface area (Å²) in [5.74, 6) is 1.59. The van der Waals surface area contributed by atoms with Crippen LogP contribution in [0.4, 0.5) is 0 Å². The highest BCUT2D eigenvalue weighted by Gasteiger charge is 2.33. The molecule has 48 heavy (non-hydrogen) atoms. The molecule has 0 saturated carbocycles. The molecule has 3 aliphatic heterocycles. The topological polar surface area (TPSA) is 127 Å². The maximum absolute atomic E-state index is 13.8. The van der Waals surface area contributed by atoms with Gasteiger partial charge >= 0.3 is 0 Å². The van der Waals surface area contributed by atoms with Crippen molar-refractivity contribution < 1.29 is 42.0 Å². The Labute approximate surface area is 281 Å². The molecule has 0 radical (unpaired) electrons. The fourth-order valence-electron chi connectivity index (χ4n) is 6.04. The summed E-state index contributed by atoms with van der Waals surface area (Å²) in [7, 11) is -2.41. The van der Waals surface area contributed by atoms with Crippen LogP contribution in [0.25, 0.3) is 0 Å². The third-order valence-corrected chi connectivity index (χ3v) is 10.6. The summed E-state index contributed by atoms with van der Waals surface area (Å²) < 4.78 is 56.4. The Morgan fingerprint density at radius 2 is 1.71 bits per heavy atom. The maximum atomic E-state index is 13.8. The summed E-state index contributed by atoms with van der Waals surface area (Å²) in [6, 6.07) is 22.0. The van der Waals surface area contributed by atoms with Gasteiger partial charge in [0.05, 0.1) is 25.2 Å². The van der Waals surface area contributed by atoms with Crippen molar-refractivity contribution in [3.8, 4) is 17.2 Å². The van der Waals surface area contributed by atoms with Crippen LogP contribution < -0.4 is 14.2 Å². The predicted molar refractivity (Wildman–Crippen MR) is 176 cm³/mol. The second-order valence-corrected chi connectivity index (χ2v) is 13.7. The molecule has 3 aromatic carbocycles. The van der Waals surface area contributed by atoms with E-state index >= 15 is 0 Å². The van der Waals surface area contributed by atoms with Crippen LogP contribution in [0.1, 0.15) is 23.5 Å². The van der Waals surface area contributed by atoms with Crippen molar-refractivity contribution in [2.75, 3.05) is 66.4 Å². The van der Waals surface area contributed by atoms with Crippen molar-refractivity contribution in [2.24, 2.45) is 0 Å². The molecule has 3 aliphatic rings.